The summed E-state index contributed by atoms with van der Waals surface area (Å²) in [5.41, 5.74) is 0.196. The number of amides is 1. The van der Waals surface area contributed by atoms with Crippen LogP contribution in [-0.4, -0.2) is 17.1 Å². The predicted molar refractivity (Wildman–Crippen MR) is 48.3 cm³/mol. The molecule has 5 heteroatoms. The van der Waals surface area contributed by atoms with E-state index in [0.717, 1.165) is 6.42 Å². The van der Waals surface area contributed by atoms with E-state index in [0.29, 0.717) is 6.42 Å². The smallest absolute Gasteiger partial charge is 0.274 e. The lowest BCUT2D eigenvalue weighted by Gasteiger charge is -2.07. The number of nitrogens with zero attached hydrogens (tertiary/aromatic N) is 2. The van der Waals surface area contributed by atoms with Crippen LogP contribution < -0.4 is 5.32 Å². The molecule has 1 aromatic rings. The predicted octanol–water partition coefficient (Wildman–Crippen LogP) is 1.10. The third-order valence-electron chi connectivity index (χ3n) is 1.71. The van der Waals surface area contributed by atoms with Crippen molar-refractivity contribution in [1.82, 2.24) is 10.5 Å². The van der Waals surface area contributed by atoms with Gasteiger partial charge in [-0.25, -0.2) is 0 Å². The zero-order chi connectivity index (χ0) is 10.4. The Bertz CT molecular complexity index is 326. The first-order valence-corrected chi connectivity index (χ1v) is 4.38. The number of carbonyl (C=O) groups excluding carboxylic acids is 1. The number of nitriles is 1. The Labute approximate surface area is 81.7 Å². The molecule has 0 saturated heterocycles. The standard InChI is InChI=1S/C9H11N3O2/c1-2-3-7(6-10)11-9(13)8-4-5-14-12-8/h4-5,7H,2-3H2,1H3,(H,11,13). The molecular weight excluding hydrogens is 182 g/mol. The molecule has 1 unspecified atom stereocenters. The van der Waals surface area contributed by atoms with Gasteiger partial charge in [0.05, 0.1) is 6.07 Å². The fourth-order valence-corrected chi connectivity index (χ4v) is 1.02. The van der Waals surface area contributed by atoms with Crippen LogP contribution in [0.15, 0.2) is 16.9 Å². The van der Waals surface area contributed by atoms with Gasteiger partial charge in [0, 0.05) is 6.07 Å². The Morgan fingerprint density at radius 1 is 1.86 bits per heavy atom. The van der Waals surface area contributed by atoms with Crippen molar-refractivity contribution in [2.75, 3.05) is 0 Å². The van der Waals surface area contributed by atoms with E-state index in [-0.39, 0.29) is 11.6 Å². The van der Waals surface area contributed by atoms with Gasteiger partial charge in [-0.2, -0.15) is 5.26 Å². The maximum atomic E-state index is 11.4. The summed E-state index contributed by atoms with van der Waals surface area (Å²) in [6.45, 7) is 1.95. The number of rotatable bonds is 4. The van der Waals surface area contributed by atoms with Gasteiger partial charge in [0.2, 0.25) is 0 Å². The molecule has 1 aromatic heterocycles. The molecule has 1 atom stereocenters. The fourth-order valence-electron chi connectivity index (χ4n) is 1.02. The molecule has 1 rings (SSSR count). The first-order chi connectivity index (χ1) is 6.77. The van der Waals surface area contributed by atoms with E-state index in [1.54, 1.807) is 0 Å². The molecule has 1 amide bonds. The second kappa shape index (κ2) is 5.02. The first-order valence-electron chi connectivity index (χ1n) is 4.38. The summed E-state index contributed by atoms with van der Waals surface area (Å²) in [7, 11) is 0. The maximum Gasteiger partial charge on any atom is 0.274 e. The third kappa shape index (κ3) is 2.59. The molecule has 14 heavy (non-hydrogen) atoms. The highest BCUT2D eigenvalue weighted by Crippen LogP contribution is 1.99. The summed E-state index contributed by atoms with van der Waals surface area (Å²) in [5.74, 6) is -0.376. The van der Waals surface area contributed by atoms with Crippen molar-refractivity contribution in [2.45, 2.75) is 25.8 Å². The molecule has 0 aliphatic heterocycles. The van der Waals surface area contributed by atoms with Gasteiger partial charge in [-0.3, -0.25) is 4.79 Å². The highest BCUT2D eigenvalue weighted by atomic mass is 16.5. The quantitative estimate of drug-likeness (QED) is 0.776. The van der Waals surface area contributed by atoms with Gasteiger partial charge in [0.25, 0.3) is 5.91 Å². The molecule has 1 N–H and O–H groups in total. The van der Waals surface area contributed by atoms with E-state index in [2.05, 4.69) is 15.0 Å². The summed E-state index contributed by atoms with van der Waals surface area (Å²) in [4.78, 5) is 11.4. The van der Waals surface area contributed by atoms with Gasteiger partial charge in [0.15, 0.2) is 5.69 Å². The number of aromatic nitrogens is 1. The van der Waals surface area contributed by atoms with E-state index < -0.39 is 6.04 Å². The molecule has 0 aliphatic carbocycles. The Morgan fingerprint density at radius 2 is 2.64 bits per heavy atom. The lowest BCUT2D eigenvalue weighted by Crippen LogP contribution is -2.33. The van der Waals surface area contributed by atoms with Crippen LogP contribution in [0.5, 0.6) is 0 Å². The van der Waals surface area contributed by atoms with Crippen LogP contribution in [0.25, 0.3) is 0 Å². The van der Waals surface area contributed by atoms with E-state index >= 15 is 0 Å². The summed E-state index contributed by atoms with van der Waals surface area (Å²) >= 11 is 0. The number of carbonyl (C=O) groups is 1. The van der Waals surface area contributed by atoms with Crippen molar-refractivity contribution in [2.24, 2.45) is 0 Å². The van der Waals surface area contributed by atoms with Crippen LogP contribution in [0.4, 0.5) is 0 Å². The molecule has 0 saturated carbocycles. The minimum Gasteiger partial charge on any atom is -0.364 e. The van der Waals surface area contributed by atoms with Gasteiger partial charge >= 0.3 is 0 Å². The molecular formula is C9H11N3O2. The third-order valence-corrected chi connectivity index (χ3v) is 1.71. The summed E-state index contributed by atoms with van der Waals surface area (Å²) < 4.78 is 4.52. The van der Waals surface area contributed by atoms with Crippen LogP contribution >= 0.6 is 0 Å². The maximum absolute atomic E-state index is 11.4. The van der Waals surface area contributed by atoms with Gasteiger partial charge in [-0.15, -0.1) is 0 Å². The number of hydrogen-bond acceptors (Lipinski definition) is 4. The van der Waals surface area contributed by atoms with Crippen molar-refractivity contribution < 1.29 is 9.32 Å². The zero-order valence-corrected chi connectivity index (χ0v) is 7.86. The van der Waals surface area contributed by atoms with Crippen LogP contribution in [0.3, 0.4) is 0 Å². The van der Waals surface area contributed by atoms with Crippen molar-refractivity contribution in [3.63, 3.8) is 0 Å². The Balaban J connectivity index is 2.52. The Morgan fingerprint density at radius 3 is 3.14 bits per heavy atom. The van der Waals surface area contributed by atoms with E-state index in [1.165, 1.54) is 12.3 Å². The van der Waals surface area contributed by atoms with Crippen LogP contribution in [-0.2, 0) is 0 Å². The molecule has 0 fully saturated rings. The highest BCUT2D eigenvalue weighted by molar-refractivity contribution is 5.92. The molecule has 74 valence electrons. The highest BCUT2D eigenvalue weighted by Gasteiger charge is 2.13. The lowest BCUT2D eigenvalue weighted by atomic mass is 10.2. The van der Waals surface area contributed by atoms with Crippen LogP contribution in [0, 0.1) is 11.3 Å². The number of hydrogen-bond donors (Lipinski definition) is 1. The molecule has 5 nitrogen and oxygen atoms in total. The average molecular weight is 193 g/mol. The minimum absolute atomic E-state index is 0.196. The van der Waals surface area contributed by atoms with E-state index in [9.17, 15) is 4.79 Å². The number of nitrogens with one attached hydrogen (secondary N) is 1. The summed E-state index contributed by atoms with van der Waals surface area (Å²) in [5, 5.41) is 14.7. The van der Waals surface area contributed by atoms with Crippen molar-refractivity contribution >= 4 is 5.91 Å². The van der Waals surface area contributed by atoms with Crippen molar-refractivity contribution in [3.05, 3.63) is 18.0 Å². The largest absolute Gasteiger partial charge is 0.364 e. The second-order valence-corrected chi connectivity index (χ2v) is 2.83. The topological polar surface area (TPSA) is 78.9 Å². The molecule has 1 heterocycles. The first kappa shape index (κ1) is 10.3. The molecule has 0 aliphatic rings. The average Bonchev–Trinajstić information content (AvgIpc) is 2.69. The Kier molecular flexibility index (Phi) is 3.68. The zero-order valence-electron chi connectivity index (χ0n) is 7.86. The van der Waals surface area contributed by atoms with E-state index in [4.69, 9.17) is 5.26 Å². The molecule has 0 radical (unpaired) electrons. The molecule has 0 spiro atoms. The fraction of sp³-hybridized carbons (Fsp3) is 0.444. The van der Waals surface area contributed by atoms with Crippen LogP contribution in [0.1, 0.15) is 30.3 Å². The van der Waals surface area contributed by atoms with Crippen LogP contribution in [0.2, 0.25) is 0 Å². The van der Waals surface area contributed by atoms with Gasteiger partial charge in [-0.1, -0.05) is 18.5 Å². The summed E-state index contributed by atoms with van der Waals surface area (Å²) in [6.07, 6.45) is 2.80. The molecule has 0 bridgehead atoms. The second-order valence-electron chi connectivity index (χ2n) is 2.83. The Hall–Kier alpha value is -1.83. The van der Waals surface area contributed by atoms with Gasteiger partial charge in [-0.05, 0) is 6.42 Å². The van der Waals surface area contributed by atoms with Gasteiger partial charge < -0.3 is 9.84 Å². The SMILES string of the molecule is CCCC(C#N)NC(=O)c1ccon1. The monoisotopic (exact) mass is 193 g/mol. The normalized spacial score (nSPS) is 11.7. The van der Waals surface area contributed by atoms with E-state index in [1.807, 2.05) is 13.0 Å². The van der Waals surface area contributed by atoms with Crippen molar-refractivity contribution in [3.8, 4) is 6.07 Å². The molecule has 0 aromatic carbocycles. The summed E-state index contributed by atoms with van der Waals surface area (Å²) in [6, 6.07) is 3.01. The lowest BCUT2D eigenvalue weighted by molar-refractivity contribution is 0.0935. The van der Waals surface area contributed by atoms with Gasteiger partial charge in [0.1, 0.15) is 12.3 Å². The van der Waals surface area contributed by atoms with Crippen molar-refractivity contribution in [1.29, 1.82) is 5.26 Å². The minimum atomic E-state index is -0.454.